The molecule has 1 aliphatic heterocycles. The smallest absolute Gasteiger partial charge is 0.349 e. The fraction of sp³-hybridized carbons (Fsp3) is 0.875. The van der Waals surface area contributed by atoms with Crippen LogP contribution in [0, 0.1) is 0 Å². The largest absolute Gasteiger partial charge is 0.391 e. The summed E-state index contributed by atoms with van der Waals surface area (Å²) in [5.74, 6) is 0. The van der Waals surface area contributed by atoms with Gasteiger partial charge in [-0.05, 0) is 0 Å². The van der Waals surface area contributed by atoms with Crippen LogP contribution in [-0.4, -0.2) is 52.5 Å². The van der Waals surface area contributed by atoms with Crippen molar-refractivity contribution in [3.8, 4) is 0 Å². The van der Waals surface area contributed by atoms with E-state index >= 15 is 0 Å². The van der Waals surface area contributed by atoms with Crippen LogP contribution in [-0.2, 0) is 18.3 Å². The van der Waals surface area contributed by atoms with Crippen molar-refractivity contribution >= 4 is 8.56 Å². The lowest BCUT2D eigenvalue weighted by atomic mass is 10.1. The Morgan fingerprint density at radius 1 is 1.27 bits per heavy atom. The normalized spacial score (nSPS) is 27.5. The zero-order valence-electron chi connectivity index (χ0n) is 15.0. The second-order valence-electron chi connectivity index (χ2n) is 7.85. The summed E-state index contributed by atoms with van der Waals surface area (Å²) in [5, 5.41) is 10.1. The third kappa shape index (κ3) is 3.80. The highest BCUT2D eigenvalue weighted by atomic mass is 28.4. The minimum Gasteiger partial charge on any atom is -0.391 e. The Balaban J connectivity index is 3.12. The van der Waals surface area contributed by atoms with Crippen molar-refractivity contribution in [2.45, 2.75) is 69.9 Å². The highest BCUT2D eigenvalue weighted by Crippen LogP contribution is 2.54. The Bertz CT molecular complexity index is 358. The van der Waals surface area contributed by atoms with Gasteiger partial charge in [-0.15, -0.1) is 6.58 Å². The van der Waals surface area contributed by atoms with E-state index in [2.05, 4.69) is 48.1 Å². The highest BCUT2D eigenvalue weighted by molar-refractivity contribution is 6.73. The van der Waals surface area contributed by atoms with Crippen molar-refractivity contribution < 1.29 is 23.4 Å². The molecule has 1 heterocycles. The summed E-state index contributed by atoms with van der Waals surface area (Å²) in [7, 11) is -1.08. The fourth-order valence-corrected chi connectivity index (χ4v) is 8.21. The Morgan fingerprint density at radius 3 is 2.23 bits per heavy atom. The molecule has 0 unspecified atom stereocenters. The summed E-state index contributed by atoms with van der Waals surface area (Å²) in [6.45, 7) is 17.0. The van der Waals surface area contributed by atoms with Crippen LogP contribution in [0.2, 0.25) is 10.1 Å². The summed E-state index contributed by atoms with van der Waals surface area (Å²) in [6.07, 6.45) is -0.0185. The van der Waals surface area contributed by atoms with Crippen LogP contribution >= 0.6 is 0 Å². The minimum absolute atomic E-state index is 0.129. The van der Waals surface area contributed by atoms with Gasteiger partial charge in [0.2, 0.25) is 0 Å². The summed E-state index contributed by atoms with van der Waals surface area (Å²) in [4.78, 5) is 0. The molecule has 5 nitrogen and oxygen atoms in total. The van der Waals surface area contributed by atoms with Gasteiger partial charge in [-0.3, -0.25) is 0 Å². The van der Waals surface area contributed by atoms with Crippen LogP contribution in [0.3, 0.4) is 0 Å². The number of rotatable bonds is 5. The molecular weight excluding hydrogens is 300 g/mol. The Morgan fingerprint density at radius 2 is 1.82 bits per heavy atom. The van der Waals surface area contributed by atoms with Gasteiger partial charge >= 0.3 is 8.56 Å². The molecule has 22 heavy (non-hydrogen) atoms. The topological polar surface area (TPSA) is 57.2 Å². The minimum atomic E-state index is -2.64. The molecular formula is C16H32O5Si. The molecule has 0 aromatic rings. The molecule has 1 fully saturated rings. The highest BCUT2D eigenvalue weighted by Gasteiger charge is 2.62. The summed E-state index contributed by atoms with van der Waals surface area (Å²) < 4.78 is 23.2. The first-order valence-electron chi connectivity index (χ1n) is 7.73. The monoisotopic (exact) mass is 332 g/mol. The molecule has 1 N–H and O–H groups in total. The maximum absolute atomic E-state index is 10.3. The first kappa shape index (κ1) is 19.8. The third-order valence-electron chi connectivity index (χ3n) is 4.05. The van der Waals surface area contributed by atoms with E-state index in [9.17, 15) is 5.11 Å². The number of hydrogen-bond acceptors (Lipinski definition) is 5. The SMILES string of the molecule is C=C[C@@H](OCOC)[C@@H]1O[Si](C(C)(C)C)(C(C)(C)C)OC[C@H]1O. The van der Waals surface area contributed by atoms with Gasteiger partial charge in [0.15, 0.2) is 0 Å². The van der Waals surface area contributed by atoms with E-state index < -0.39 is 26.9 Å². The van der Waals surface area contributed by atoms with Crippen molar-refractivity contribution in [1.29, 1.82) is 0 Å². The lowest BCUT2D eigenvalue weighted by molar-refractivity contribution is -0.149. The molecule has 3 atom stereocenters. The molecule has 0 spiro atoms. The second-order valence-corrected chi connectivity index (χ2v) is 12.6. The van der Waals surface area contributed by atoms with E-state index in [4.69, 9.17) is 18.3 Å². The zero-order chi connectivity index (χ0) is 17.2. The van der Waals surface area contributed by atoms with Crippen molar-refractivity contribution in [1.82, 2.24) is 0 Å². The Labute approximate surface area is 135 Å². The third-order valence-corrected chi connectivity index (χ3v) is 9.17. The maximum atomic E-state index is 10.3. The van der Waals surface area contributed by atoms with Crippen molar-refractivity contribution in [3.63, 3.8) is 0 Å². The number of aliphatic hydroxyl groups excluding tert-OH is 1. The molecule has 0 aromatic carbocycles. The molecule has 130 valence electrons. The second kappa shape index (κ2) is 7.11. The van der Waals surface area contributed by atoms with Gasteiger partial charge in [0, 0.05) is 17.2 Å². The van der Waals surface area contributed by atoms with Gasteiger partial charge in [0.05, 0.1) is 6.61 Å². The molecule has 0 amide bonds. The van der Waals surface area contributed by atoms with Gasteiger partial charge < -0.3 is 23.4 Å². The van der Waals surface area contributed by atoms with E-state index in [0.29, 0.717) is 0 Å². The number of hydrogen-bond donors (Lipinski definition) is 1. The van der Waals surface area contributed by atoms with E-state index in [-0.39, 0.29) is 23.5 Å². The first-order valence-corrected chi connectivity index (χ1v) is 9.55. The molecule has 0 aliphatic carbocycles. The van der Waals surface area contributed by atoms with E-state index in [0.717, 1.165) is 0 Å². The molecule has 0 radical (unpaired) electrons. The molecule has 1 saturated heterocycles. The van der Waals surface area contributed by atoms with Gasteiger partial charge in [0.25, 0.3) is 0 Å². The quantitative estimate of drug-likeness (QED) is 0.476. The van der Waals surface area contributed by atoms with Crippen molar-refractivity contribution in [2.24, 2.45) is 0 Å². The predicted molar refractivity (Wildman–Crippen MR) is 89.0 cm³/mol. The van der Waals surface area contributed by atoms with Crippen LogP contribution < -0.4 is 0 Å². The maximum Gasteiger partial charge on any atom is 0.349 e. The summed E-state index contributed by atoms with van der Waals surface area (Å²) in [5.41, 5.74) is 0. The van der Waals surface area contributed by atoms with Crippen LogP contribution in [0.15, 0.2) is 12.7 Å². The van der Waals surface area contributed by atoms with Gasteiger partial charge in [0.1, 0.15) is 25.1 Å². The van der Waals surface area contributed by atoms with Crippen LogP contribution in [0.25, 0.3) is 0 Å². The zero-order valence-corrected chi connectivity index (χ0v) is 16.0. The Hall–Kier alpha value is -0.243. The summed E-state index contributed by atoms with van der Waals surface area (Å²) >= 11 is 0. The van der Waals surface area contributed by atoms with Crippen LogP contribution in [0.5, 0.6) is 0 Å². The molecule has 0 saturated carbocycles. The van der Waals surface area contributed by atoms with Crippen LogP contribution in [0.1, 0.15) is 41.5 Å². The lowest BCUT2D eigenvalue weighted by Crippen LogP contribution is -2.66. The molecule has 6 heteroatoms. The predicted octanol–water partition coefficient (Wildman–Crippen LogP) is 2.98. The van der Waals surface area contributed by atoms with Gasteiger partial charge in [-0.25, -0.2) is 0 Å². The number of ether oxygens (including phenoxy) is 2. The number of aliphatic hydroxyl groups is 1. The number of methoxy groups -OCH3 is 1. The van der Waals surface area contributed by atoms with E-state index in [1.807, 2.05) is 0 Å². The van der Waals surface area contributed by atoms with Gasteiger partial charge in [-0.1, -0.05) is 47.6 Å². The van der Waals surface area contributed by atoms with E-state index in [1.165, 1.54) is 0 Å². The summed E-state index contributed by atoms with van der Waals surface area (Å²) in [6, 6.07) is 0. The Kier molecular flexibility index (Phi) is 6.40. The van der Waals surface area contributed by atoms with Gasteiger partial charge in [-0.2, -0.15) is 0 Å². The van der Waals surface area contributed by atoms with Crippen molar-refractivity contribution in [3.05, 3.63) is 12.7 Å². The average molecular weight is 333 g/mol. The molecule has 0 aromatic heterocycles. The fourth-order valence-electron chi connectivity index (χ4n) is 3.24. The van der Waals surface area contributed by atoms with Crippen molar-refractivity contribution in [2.75, 3.05) is 20.5 Å². The molecule has 1 aliphatic rings. The molecule has 0 bridgehead atoms. The standard InChI is InChI=1S/C16H32O5Si/c1-9-13(19-11-18-8)14-12(17)10-20-22(21-14,15(2,3)4)16(5,6)7/h9,12-14,17H,1,10-11H2,2-8H3/t12-,13-,14-/m1/s1. The average Bonchev–Trinajstić information content (AvgIpc) is 2.38. The molecule has 1 rings (SSSR count). The first-order chi connectivity index (χ1) is 10.00. The lowest BCUT2D eigenvalue weighted by Gasteiger charge is -2.54. The van der Waals surface area contributed by atoms with E-state index in [1.54, 1.807) is 13.2 Å². The van der Waals surface area contributed by atoms with Crippen LogP contribution in [0.4, 0.5) is 0 Å².